The van der Waals surface area contributed by atoms with Gasteiger partial charge in [0.25, 0.3) is 5.91 Å². The zero-order valence-electron chi connectivity index (χ0n) is 15.9. The quantitative estimate of drug-likeness (QED) is 0.628. The SMILES string of the molecule is CCCc1cc(=O)oc2cc(OCC(=O)N3CCCc4ccccc43)ccc12. The Balaban J connectivity index is 1.52. The third-order valence-electron chi connectivity index (χ3n) is 5.09. The van der Waals surface area contributed by atoms with Gasteiger partial charge in [-0.15, -0.1) is 0 Å². The summed E-state index contributed by atoms with van der Waals surface area (Å²) in [6.07, 6.45) is 3.70. The van der Waals surface area contributed by atoms with Gasteiger partial charge in [-0.25, -0.2) is 4.79 Å². The lowest BCUT2D eigenvalue weighted by Gasteiger charge is -2.29. The molecule has 0 N–H and O–H groups in total. The Morgan fingerprint density at radius 2 is 2.04 bits per heavy atom. The van der Waals surface area contributed by atoms with Crippen LogP contribution in [0.4, 0.5) is 5.69 Å². The van der Waals surface area contributed by atoms with Gasteiger partial charge in [-0.2, -0.15) is 0 Å². The molecule has 0 bridgehead atoms. The largest absolute Gasteiger partial charge is 0.484 e. The average Bonchev–Trinajstić information content (AvgIpc) is 2.71. The van der Waals surface area contributed by atoms with Crippen LogP contribution in [0.1, 0.15) is 30.9 Å². The normalized spacial score (nSPS) is 13.4. The molecule has 2 heterocycles. The van der Waals surface area contributed by atoms with E-state index in [0.717, 1.165) is 42.3 Å². The van der Waals surface area contributed by atoms with E-state index in [1.165, 1.54) is 5.56 Å². The summed E-state index contributed by atoms with van der Waals surface area (Å²) in [5, 5.41) is 0.907. The molecule has 0 aliphatic carbocycles. The number of para-hydroxylation sites is 1. The molecule has 0 radical (unpaired) electrons. The first kappa shape index (κ1) is 18.3. The number of carbonyl (C=O) groups is 1. The first-order valence-corrected chi connectivity index (χ1v) is 9.73. The van der Waals surface area contributed by atoms with Crippen LogP contribution in [0.3, 0.4) is 0 Å². The van der Waals surface area contributed by atoms with E-state index < -0.39 is 0 Å². The summed E-state index contributed by atoms with van der Waals surface area (Å²) in [7, 11) is 0. The first-order valence-electron chi connectivity index (χ1n) is 9.73. The van der Waals surface area contributed by atoms with E-state index in [1.807, 2.05) is 30.3 Å². The Hall–Kier alpha value is -3.08. The van der Waals surface area contributed by atoms with E-state index in [2.05, 4.69) is 13.0 Å². The van der Waals surface area contributed by atoms with Gasteiger partial charge in [-0.05, 0) is 48.6 Å². The molecule has 5 nitrogen and oxygen atoms in total. The number of carbonyl (C=O) groups excluding carboxylic acids is 1. The fraction of sp³-hybridized carbons (Fsp3) is 0.304. The highest BCUT2D eigenvalue weighted by atomic mass is 16.5. The molecule has 0 fully saturated rings. The molecule has 1 aliphatic rings. The maximum absolute atomic E-state index is 12.7. The lowest BCUT2D eigenvalue weighted by molar-refractivity contribution is -0.120. The Morgan fingerprint density at radius 3 is 2.89 bits per heavy atom. The fourth-order valence-electron chi connectivity index (χ4n) is 3.79. The van der Waals surface area contributed by atoms with Crippen molar-refractivity contribution in [2.45, 2.75) is 32.6 Å². The van der Waals surface area contributed by atoms with Gasteiger partial charge in [0.1, 0.15) is 11.3 Å². The van der Waals surface area contributed by atoms with Crippen molar-refractivity contribution >= 4 is 22.6 Å². The standard InChI is InChI=1S/C23H23NO4/c1-2-6-17-13-23(26)28-21-14-18(10-11-19(17)21)27-15-22(25)24-12-5-8-16-7-3-4-9-20(16)24/h3-4,7,9-11,13-14H,2,5-6,8,12,15H2,1H3. The molecule has 5 heteroatoms. The monoisotopic (exact) mass is 377 g/mol. The van der Waals surface area contributed by atoms with Crippen LogP contribution < -0.4 is 15.3 Å². The minimum Gasteiger partial charge on any atom is -0.484 e. The molecular weight excluding hydrogens is 354 g/mol. The number of aryl methyl sites for hydroxylation is 2. The van der Waals surface area contributed by atoms with Crippen molar-refractivity contribution in [2.75, 3.05) is 18.1 Å². The van der Waals surface area contributed by atoms with Crippen LogP contribution in [0.25, 0.3) is 11.0 Å². The topological polar surface area (TPSA) is 59.8 Å². The predicted molar refractivity (Wildman–Crippen MR) is 109 cm³/mol. The first-order chi connectivity index (χ1) is 13.7. The van der Waals surface area contributed by atoms with E-state index in [-0.39, 0.29) is 18.1 Å². The lowest BCUT2D eigenvalue weighted by atomic mass is 10.0. The van der Waals surface area contributed by atoms with E-state index in [9.17, 15) is 9.59 Å². The number of benzene rings is 2. The molecule has 1 aromatic heterocycles. The molecule has 3 aromatic rings. The van der Waals surface area contributed by atoms with Crippen molar-refractivity contribution in [3.63, 3.8) is 0 Å². The maximum Gasteiger partial charge on any atom is 0.336 e. The Bertz CT molecular complexity index is 1070. The van der Waals surface area contributed by atoms with E-state index in [1.54, 1.807) is 17.0 Å². The Labute approximate surface area is 163 Å². The summed E-state index contributed by atoms with van der Waals surface area (Å²) in [6.45, 7) is 2.72. The summed E-state index contributed by atoms with van der Waals surface area (Å²) in [6, 6.07) is 14.9. The summed E-state index contributed by atoms with van der Waals surface area (Å²) in [5.74, 6) is 0.441. The second-order valence-corrected chi connectivity index (χ2v) is 7.06. The van der Waals surface area contributed by atoms with Crippen LogP contribution in [0, 0.1) is 0 Å². The lowest BCUT2D eigenvalue weighted by Crippen LogP contribution is -2.38. The van der Waals surface area contributed by atoms with Gasteiger partial charge < -0.3 is 14.1 Å². The molecule has 0 saturated heterocycles. The van der Waals surface area contributed by atoms with Crippen molar-refractivity contribution in [1.82, 2.24) is 0 Å². The minimum absolute atomic E-state index is 0.0568. The number of rotatable bonds is 5. The van der Waals surface area contributed by atoms with Crippen molar-refractivity contribution in [3.8, 4) is 5.75 Å². The highest BCUT2D eigenvalue weighted by Crippen LogP contribution is 2.27. The highest BCUT2D eigenvalue weighted by Gasteiger charge is 2.22. The summed E-state index contributed by atoms with van der Waals surface area (Å²) in [4.78, 5) is 26.3. The molecule has 28 heavy (non-hydrogen) atoms. The molecule has 1 aliphatic heterocycles. The smallest absolute Gasteiger partial charge is 0.336 e. The molecule has 4 rings (SSSR count). The zero-order chi connectivity index (χ0) is 19.5. The van der Waals surface area contributed by atoms with Gasteiger partial charge in [0.05, 0.1) is 0 Å². The second kappa shape index (κ2) is 7.89. The molecular formula is C23H23NO4. The van der Waals surface area contributed by atoms with Crippen LogP contribution in [0.15, 0.2) is 57.7 Å². The molecule has 0 unspecified atom stereocenters. The Kier molecular flexibility index (Phi) is 5.15. The van der Waals surface area contributed by atoms with Crippen LogP contribution >= 0.6 is 0 Å². The number of fused-ring (bicyclic) bond motifs is 2. The van der Waals surface area contributed by atoms with Crippen LogP contribution in [0.2, 0.25) is 0 Å². The van der Waals surface area contributed by atoms with Gasteiger partial charge in [-0.1, -0.05) is 31.5 Å². The number of anilines is 1. The van der Waals surface area contributed by atoms with E-state index in [4.69, 9.17) is 9.15 Å². The van der Waals surface area contributed by atoms with Crippen molar-refractivity contribution in [1.29, 1.82) is 0 Å². The van der Waals surface area contributed by atoms with E-state index in [0.29, 0.717) is 17.9 Å². The van der Waals surface area contributed by atoms with Crippen molar-refractivity contribution < 1.29 is 13.9 Å². The van der Waals surface area contributed by atoms with Gasteiger partial charge >= 0.3 is 5.63 Å². The third kappa shape index (κ3) is 3.65. The van der Waals surface area contributed by atoms with Crippen LogP contribution in [0.5, 0.6) is 5.75 Å². The molecule has 1 amide bonds. The van der Waals surface area contributed by atoms with Crippen LogP contribution in [-0.4, -0.2) is 19.1 Å². The number of hydrogen-bond donors (Lipinski definition) is 0. The summed E-state index contributed by atoms with van der Waals surface area (Å²) >= 11 is 0. The predicted octanol–water partition coefficient (Wildman–Crippen LogP) is 4.10. The number of nitrogens with zero attached hydrogens (tertiary/aromatic N) is 1. The van der Waals surface area contributed by atoms with Crippen LogP contribution in [-0.2, 0) is 17.6 Å². The minimum atomic E-state index is -0.367. The summed E-state index contributed by atoms with van der Waals surface area (Å²) < 4.78 is 11.1. The zero-order valence-corrected chi connectivity index (χ0v) is 15.9. The van der Waals surface area contributed by atoms with E-state index >= 15 is 0 Å². The summed E-state index contributed by atoms with van der Waals surface area (Å²) in [5.41, 5.74) is 3.26. The van der Waals surface area contributed by atoms with Gasteiger partial charge in [0.15, 0.2) is 6.61 Å². The Morgan fingerprint density at radius 1 is 1.18 bits per heavy atom. The average molecular weight is 377 g/mol. The molecule has 2 aromatic carbocycles. The highest BCUT2D eigenvalue weighted by molar-refractivity contribution is 5.95. The fourth-order valence-corrected chi connectivity index (χ4v) is 3.79. The van der Waals surface area contributed by atoms with Crippen molar-refractivity contribution in [2.24, 2.45) is 0 Å². The van der Waals surface area contributed by atoms with Gasteiger partial charge in [0, 0.05) is 29.8 Å². The number of hydrogen-bond acceptors (Lipinski definition) is 4. The van der Waals surface area contributed by atoms with Crippen molar-refractivity contribution in [3.05, 3.63) is 70.1 Å². The number of ether oxygens (including phenoxy) is 1. The number of amides is 1. The second-order valence-electron chi connectivity index (χ2n) is 7.06. The maximum atomic E-state index is 12.7. The molecule has 144 valence electrons. The van der Waals surface area contributed by atoms with Gasteiger partial charge in [-0.3, -0.25) is 4.79 Å². The molecule has 0 spiro atoms. The molecule has 0 saturated carbocycles. The van der Waals surface area contributed by atoms with Gasteiger partial charge in [0.2, 0.25) is 0 Å². The third-order valence-corrected chi connectivity index (χ3v) is 5.09. The molecule has 0 atom stereocenters.